The van der Waals surface area contributed by atoms with Crippen molar-refractivity contribution in [3.63, 3.8) is 0 Å². The van der Waals surface area contributed by atoms with Crippen molar-refractivity contribution in [2.24, 2.45) is 11.7 Å². The molecule has 3 heteroatoms. The summed E-state index contributed by atoms with van der Waals surface area (Å²) in [5.74, 6) is -0.329. The Bertz CT molecular complexity index is 155. The van der Waals surface area contributed by atoms with Crippen LogP contribution in [0, 0.1) is 5.92 Å². The summed E-state index contributed by atoms with van der Waals surface area (Å²) < 4.78 is 0. The Hall–Kier alpha value is -0.830. The molecule has 3 nitrogen and oxygen atoms in total. The molecular formula is C9H17NO2. The van der Waals surface area contributed by atoms with Gasteiger partial charge in [-0.2, -0.15) is 0 Å². The van der Waals surface area contributed by atoms with Crippen molar-refractivity contribution in [2.75, 3.05) is 6.54 Å². The normalized spacial score (nSPS) is 13.5. The Morgan fingerprint density at radius 3 is 2.83 bits per heavy atom. The Kier molecular flexibility index (Phi) is 6.38. The molecule has 0 aromatic heterocycles. The first-order valence-corrected chi connectivity index (χ1v) is 4.26. The van der Waals surface area contributed by atoms with Crippen molar-refractivity contribution >= 4 is 5.97 Å². The zero-order chi connectivity index (χ0) is 9.40. The Morgan fingerprint density at radius 1 is 1.67 bits per heavy atom. The number of allylic oxidation sites excluding steroid dienone is 1. The van der Waals surface area contributed by atoms with E-state index in [1.807, 2.05) is 0 Å². The lowest BCUT2D eigenvalue weighted by Gasteiger charge is -2.04. The van der Waals surface area contributed by atoms with Crippen LogP contribution in [0.15, 0.2) is 12.2 Å². The standard InChI is InChI=1S/C9H17NO2/c1-8(7-10)5-3-2-4-6-9(11)12/h4,6,8H,2-3,5,7,10H2,1H3,(H,11,12). The van der Waals surface area contributed by atoms with Gasteiger partial charge < -0.3 is 10.8 Å². The SMILES string of the molecule is CC(CN)CCCC=CC(=O)O. The van der Waals surface area contributed by atoms with E-state index in [1.165, 1.54) is 6.08 Å². The van der Waals surface area contributed by atoms with Gasteiger partial charge in [-0.05, 0) is 31.7 Å². The predicted molar refractivity (Wildman–Crippen MR) is 48.8 cm³/mol. The van der Waals surface area contributed by atoms with Gasteiger partial charge in [0, 0.05) is 6.08 Å². The van der Waals surface area contributed by atoms with Gasteiger partial charge >= 0.3 is 5.97 Å². The van der Waals surface area contributed by atoms with Crippen molar-refractivity contribution in [3.8, 4) is 0 Å². The second-order valence-electron chi connectivity index (χ2n) is 3.01. The maximum atomic E-state index is 10.0. The van der Waals surface area contributed by atoms with E-state index in [0.29, 0.717) is 12.5 Å². The van der Waals surface area contributed by atoms with Crippen LogP contribution in [0.5, 0.6) is 0 Å². The lowest BCUT2D eigenvalue weighted by atomic mass is 10.0. The van der Waals surface area contributed by atoms with Crippen molar-refractivity contribution in [2.45, 2.75) is 26.2 Å². The summed E-state index contributed by atoms with van der Waals surface area (Å²) in [5.41, 5.74) is 5.42. The predicted octanol–water partition coefficient (Wildman–Crippen LogP) is 1.39. The average molecular weight is 171 g/mol. The summed E-state index contributed by atoms with van der Waals surface area (Å²) in [6.07, 6.45) is 5.79. The van der Waals surface area contributed by atoms with Crippen LogP contribution in [0.1, 0.15) is 26.2 Å². The van der Waals surface area contributed by atoms with Crippen LogP contribution in [-0.2, 0) is 4.79 Å². The first-order chi connectivity index (χ1) is 5.66. The summed E-state index contributed by atoms with van der Waals surface area (Å²) in [6, 6.07) is 0. The number of hydrogen-bond acceptors (Lipinski definition) is 2. The van der Waals surface area contributed by atoms with Gasteiger partial charge in [0.1, 0.15) is 0 Å². The quantitative estimate of drug-likeness (QED) is 0.469. The molecule has 0 aromatic rings. The molecule has 0 saturated carbocycles. The number of rotatable bonds is 6. The largest absolute Gasteiger partial charge is 0.478 e. The highest BCUT2D eigenvalue weighted by Gasteiger charge is 1.96. The van der Waals surface area contributed by atoms with E-state index in [1.54, 1.807) is 6.08 Å². The minimum Gasteiger partial charge on any atom is -0.478 e. The summed E-state index contributed by atoms with van der Waals surface area (Å²) >= 11 is 0. The Balaban J connectivity index is 3.26. The maximum Gasteiger partial charge on any atom is 0.327 e. The third-order valence-corrected chi connectivity index (χ3v) is 1.73. The van der Waals surface area contributed by atoms with Crippen molar-refractivity contribution in [1.29, 1.82) is 0 Å². The lowest BCUT2D eigenvalue weighted by Crippen LogP contribution is -2.10. The van der Waals surface area contributed by atoms with E-state index in [-0.39, 0.29) is 0 Å². The number of unbranched alkanes of at least 4 members (excludes halogenated alkanes) is 1. The second-order valence-corrected chi connectivity index (χ2v) is 3.01. The molecule has 1 atom stereocenters. The molecule has 0 spiro atoms. The summed E-state index contributed by atoms with van der Waals surface area (Å²) in [7, 11) is 0. The van der Waals surface area contributed by atoms with Crippen LogP contribution >= 0.6 is 0 Å². The first kappa shape index (κ1) is 11.2. The molecule has 70 valence electrons. The van der Waals surface area contributed by atoms with Crippen molar-refractivity contribution in [1.82, 2.24) is 0 Å². The fourth-order valence-electron chi connectivity index (χ4n) is 0.886. The van der Waals surface area contributed by atoms with Crippen LogP contribution in [0.3, 0.4) is 0 Å². The third kappa shape index (κ3) is 7.28. The van der Waals surface area contributed by atoms with Gasteiger partial charge in [0.05, 0.1) is 0 Å². The highest BCUT2D eigenvalue weighted by atomic mass is 16.4. The summed E-state index contributed by atoms with van der Waals surface area (Å²) in [4.78, 5) is 10.0. The molecule has 1 unspecified atom stereocenters. The van der Waals surface area contributed by atoms with Gasteiger partial charge in [-0.25, -0.2) is 4.79 Å². The molecule has 0 aliphatic carbocycles. The molecule has 0 aliphatic heterocycles. The molecule has 0 radical (unpaired) electrons. The van der Waals surface area contributed by atoms with Crippen LogP contribution in [0.2, 0.25) is 0 Å². The minimum atomic E-state index is -0.873. The number of hydrogen-bond donors (Lipinski definition) is 2. The molecule has 0 amide bonds. The Labute approximate surface area is 73.3 Å². The molecule has 0 heterocycles. The number of nitrogens with two attached hydrogens (primary N) is 1. The van der Waals surface area contributed by atoms with Crippen molar-refractivity contribution < 1.29 is 9.90 Å². The van der Waals surface area contributed by atoms with E-state index >= 15 is 0 Å². The third-order valence-electron chi connectivity index (χ3n) is 1.73. The van der Waals surface area contributed by atoms with Crippen molar-refractivity contribution in [3.05, 3.63) is 12.2 Å². The highest BCUT2D eigenvalue weighted by Crippen LogP contribution is 2.05. The monoisotopic (exact) mass is 171 g/mol. The van der Waals surface area contributed by atoms with Gasteiger partial charge in [-0.3, -0.25) is 0 Å². The van der Waals surface area contributed by atoms with E-state index in [0.717, 1.165) is 19.3 Å². The van der Waals surface area contributed by atoms with Gasteiger partial charge in [-0.15, -0.1) is 0 Å². The van der Waals surface area contributed by atoms with Gasteiger partial charge in [-0.1, -0.05) is 13.0 Å². The second kappa shape index (κ2) is 6.85. The Morgan fingerprint density at radius 2 is 2.33 bits per heavy atom. The van der Waals surface area contributed by atoms with Gasteiger partial charge in [0.2, 0.25) is 0 Å². The average Bonchev–Trinajstić information content (AvgIpc) is 2.03. The molecule has 0 aliphatic rings. The molecule has 0 saturated heterocycles. The molecule has 0 fully saturated rings. The smallest absolute Gasteiger partial charge is 0.327 e. The number of carbonyl (C=O) groups is 1. The molecule has 12 heavy (non-hydrogen) atoms. The molecular weight excluding hydrogens is 154 g/mol. The molecule has 0 aromatic carbocycles. The minimum absolute atomic E-state index is 0.545. The van der Waals surface area contributed by atoms with Gasteiger partial charge in [0.25, 0.3) is 0 Å². The van der Waals surface area contributed by atoms with E-state index in [4.69, 9.17) is 10.8 Å². The van der Waals surface area contributed by atoms with Crippen LogP contribution in [-0.4, -0.2) is 17.6 Å². The fraction of sp³-hybridized carbons (Fsp3) is 0.667. The fourth-order valence-corrected chi connectivity index (χ4v) is 0.886. The summed E-state index contributed by atoms with van der Waals surface area (Å²) in [5, 5.41) is 8.26. The number of aliphatic carboxylic acids is 1. The topological polar surface area (TPSA) is 63.3 Å². The van der Waals surface area contributed by atoms with Gasteiger partial charge in [0.15, 0.2) is 0 Å². The number of carboxylic acids is 1. The van der Waals surface area contributed by atoms with Crippen LogP contribution in [0.4, 0.5) is 0 Å². The molecule has 3 N–H and O–H groups in total. The highest BCUT2D eigenvalue weighted by molar-refractivity contribution is 5.79. The lowest BCUT2D eigenvalue weighted by molar-refractivity contribution is -0.131. The first-order valence-electron chi connectivity index (χ1n) is 4.26. The summed E-state index contributed by atoms with van der Waals surface area (Å²) in [6.45, 7) is 2.81. The zero-order valence-electron chi connectivity index (χ0n) is 7.49. The number of carboxylic acid groups (broad SMARTS) is 1. The molecule has 0 rings (SSSR count). The van der Waals surface area contributed by atoms with Crippen LogP contribution < -0.4 is 5.73 Å². The zero-order valence-corrected chi connectivity index (χ0v) is 7.49. The van der Waals surface area contributed by atoms with E-state index in [2.05, 4.69) is 6.92 Å². The maximum absolute atomic E-state index is 10.0. The van der Waals surface area contributed by atoms with E-state index in [9.17, 15) is 4.79 Å². The molecule has 0 bridgehead atoms. The van der Waals surface area contributed by atoms with Crippen LogP contribution in [0.25, 0.3) is 0 Å². The van der Waals surface area contributed by atoms with E-state index < -0.39 is 5.97 Å².